The first-order valence-corrected chi connectivity index (χ1v) is 9.33. The van der Waals surface area contributed by atoms with E-state index < -0.39 is 6.10 Å². The molecule has 1 aliphatic rings. The van der Waals surface area contributed by atoms with Crippen LogP contribution in [0.3, 0.4) is 0 Å². The smallest absolute Gasteiger partial charge is 0.308 e. The minimum Gasteiger partial charge on any atom is -0.465 e. The van der Waals surface area contributed by atoms with Crippen LogP contribution in [-0.2, 0) is 16.0 Å². The molecule has 3 nitrogen and oxygen atoms in total. The topological polar surface area (TPSA) is 46.5 Å². The van der Waals surface area contributed by atoms with Crippen molar-refractivity contribution in [3.05, 3.63) is 58.1 Å². The summed E-state index contributed by atoms with van der Waals surface area (Å²) in [5.74, 6) is -0.288. The molecular formula is C23H30O3. The molecular weight excluding hydrogens is 324 g/mol. The summed E-state index contributed by atoms with van der Waals surface area (Å²) >= 11 is 0. The number of aliphatic hydroxyl groups is 1. The summed E-state index contributed by atoms with van der Waals surface area (Å²) in [7, 11) is 0. The highest BCUT2D eigenvalue weighted by molar-refractivity contribution is 5.71. The van der Waals surface area contributed by atoms with Gasteiger partial charge in [0.1, 0.15) is 0 Å². The van der Waals surface area contributed by atoms with Crippen molar-refractivity contribution in [1.82, 2.24) is 0 Å². The first-order valence-electron chi connectivity index (χ1n) is 9.33. The minimum absolute atomic E-state index is 0.167. The van der Waals surface area contributed by atoms with E-state index in [-0.39, 0.29) is 12.4 Å². The first-order chi connectivity index (χ1) is 12.3. The van der Waals surface area contributed by atoms with Gasteiger partial charge in [0.2, 0.25) is 0 Å². The lowest BCUT2D eigenvalue weighted by atomic mass is 9.91. The average Bonchev–Trinajstić information content (AvgIpc) is 2.57. The second-order valence-corrected chi connectivity index (χ2v) is 7.13. The highest BCUT2D eigenvalue weighted by Crippen LogP contribution is 2.29. The van der Waals surface area contributed by atoms with Gasteiger partial charge in [-0.05, 0) is 67.5 Å². The van der Waals surface area contributed by atoms with Gasteiger partial charge in [-0.15, -0.1) is 0 Å². The Labute approximate surface area is 157 Å². The van der Waals surface area contributed by atoms with Crippen LogP contribution in [0.4, 0.5) is 0 Å². The van der Waals surface area contributed by atoms with Crippen molar-refractivity contribution in [1.29, 1.82) is 0 Å². The molecule has 1 fully saturated rings. The molecule has 26 heavy (non-hydrogen) atoms. The van der Waals surface area contributed by atoms with Gasteiger partial charge in [-0.25, -0.2) is 0 Å². The Morgan fingerprint density at radius 1 is 1.04 bits per heavy atom. The maximum absolute atomic E-state index is 10.3. The summed E-state index contributed by atoms with van der Waals surface area (Å²) in [6.45, 7) is 11.4. The van der Waals surface area contributed by atoms with Gasteiger partial charge < -0.3 is 9.84 Å². The zero-order valence-corrected chi connectivity index (χ0v) is 16.6. The van der Waals surface area contributed by atoms with Crippen LogP contribution in [0, 0.1) is 27.7 Å². The number of cyclic esters (lactones) is 1. The van der Waals surface area contributed by atoms with Crippen LogP contribution in [0.2, 0.25) is 0 Å². The number of rotatable bonds is 2. The number of aryl methyl sites for hydroxylation is 4. The van der Waals surface area contributed by atoms with Crippen LogP contribution in [0.15, 0.2) is 30.3 Å². The average molecular weight is 354 g/mol. The largest absolute Gasteiger partial charge is 0.465 e. The molecule has 1 saturated heterocycles. The highest BCUT2D eigenvalue weighted by atomic mass is 16.5. The summed E-state index contributed by atoms with van der Waals surface area (Å²) in [5, 5.41) is 8.78. The highest BCUT2D eigenvalue weighted by Gasteiger charge is 2.17. The van der Waals surface area contributed by atoms with Crippen molar-refractivity contribution in [2.24, 2.45) is 0 Å². The second kappa shape index (κ2) is 9.00. The molecule has 1 atom stereocenters. The molecule has 1 heterocycles. The van der Waals surface area contributed by atoms with E-state index in [0.29, 0.717) is 13.0 Å². The van der Waals surface area contributed by atoms with Crippen LogP contribution < -0.4 is 0 Å². The van der Waals surface area contributed by atoms with Crippen molar-refractivity contribution in [3.8, 4) is 11.1 Å². The molecule has 1 aliphatic heterocycles. The van der Waals surface area contributed by atoms with Crippen LogP contribution >= 0.6 is 0 Å². The van der Waals surface area contributed by atoms with Crippen molar-refractivity contribution >= 4 is 5.97 Å². The predicted molar refractivity (Wildman–Crippen MR) is 106 cm³/mol. The van der Waals surface area contributed by atoms with Crippen LogP contribution in [-0.4, -0.2) is 23.8 Å². The molecule has 0 aromatic heterocycles. The quantitative estimate of drug-likeness (QED) is 0.786. The Morgan fingerprint density at radius 2 is 1.77 bits per heavy atom. The van der Waals surface area contributed by atoms with E-state index in [9.17, 15) is 4.79 Å². The number of esters is 1. The zero-order valence-electron chi connectivity index (χ0n) is 16.6. The van der Waals surface area contributed by atoms with Gasteiger partial charge in [0.15, 0.2) is 0 Å². The molecule has 3 rings (SSSR count). The van der Waals surface area contributed by atoms with Crippen molar-refractivity contribution in [3.63, 3.8) is 0 Å². The molecule has 0 bridgehead atoms. The molecule has 2 aromatic rings. The van der Waals surface area contributed by atoms with E-state index in [2.05, 4.69) is 69.7 Å². The molecule has 140 valence electrons. The van der Waals surface area contributed by atoms with E-state index in [1.807, 2.05) is 0 Å². The number of aliphatic hydroxyl groups excluding tert-OH is 1. The minimum atomic E-state index is -0.462. The molecule has 0 aliphatic carbocycles. The molecule has 1 N–H and O–H groups in total. The maximum Gasteiger partial charge on any atom is 0.308 e. The molecule has 0 radical (unpaired) electrons. The third-order valence-electron chi connectivity index (χ3n) is 4.91. The Bertz CT molecular complexity index is 777. The first kappa shape index (κ1) is 20.2. The molecule has 3 heteroatoms. The molecule has 0 spiro atoms. The fourth-order valence-corrected chi connectivity index (χ4v) is 3.30. The predicted octanol–water partition coefficient (Wildman–Crippen LogP) is 4.83. The number of ether oxygens (including phenoxy) is 1. The Kier molecular flexibility index (Phi) is 6.98. The summed E-state index contributed by atoms with van der Waals surface area (Å²) in [4.78, 5) is 10.3. The summed E-state index contributed by atoms with van der Waals surface area (Å²) < 4.78 is 4.55. The Morgan fingerprint density at radius 3 is 2.31 bits per heavy atom. The Hall–Kier alpha value is -2.13. The van der Waals surface area contributed by atoms with Crippen LogP contribution in [0.25, 0.3) is 11.1 Å². The van der Waals surface area contributed by atoms with E-state index >= 15 is 0 Å². The molecule has 0 unspecified atom stereocenters. The van der Waals surface area contributed by atoms with Crippen LogP contribution in [0.1, 0.15) is 47.6 Å². The number of hydrogen-bond donors (Lipinski definition) is 1. The van der Waals surface area contributed by atoms with E-state index in [4.69, 9.17) is 5.11 Å². The monoisotopic (exact) mass is 354 g/mol. The van der Waals surface area contributed by atoms with Gasteiger partial charge in [0, 0.05) is 6.42 Å². The molecule has 0 saturated carbocycles. The lowest BCUT2D eigenvalue weighted by molar-refractivity contribution is -0.151. The Balaban J connectivity index is 0.000000254. The number of hydrogen-bond acceptors (Lipinski definition) is 3. The summed E-state index contributed by atoms with van der Waals surface area (Å²) in [5.41, 5.74) is 9.71. The standard InChI is InChI=1S/C18H22.C5H8O3/c1-6-17-15(5)9-12(2)10-18(17)16-8-7-13(3)14(4)11-16;6-4-1-2-8-5(7)3-4/h7-11H,6H2,1-5H3;4,6H,1-3H2/t;4-/m.1/s1. The van der Waals surface area contributed by atoms with E-state index in [1.54, 1.807) is 0 Å². The molecule has 2 aromatic carbocycles. The van der Waals surface area contributed by atoms with Gasteiger partial charge in [-0.2, -0.15) is 0 Å². The van der Waals surface area contributed by atoms with Gasteiger partial charge in [0.25, 0.3) is 0 Å². The lowest BCUT2D eigenvalue weighted by Crippen LogP contribution is -2.24. The summed E-state index contributed by atoms with van der Waals surface area (Å²) in [6, 6.07) is 11.4. The molecule has 0 amide bonds. The second-order valence-electron chi connectivity index (χ2n) is 7.13. The zero-order chi connectivity index (χ0) is 19.3. The van der Waals surface area contributed by atoms with Crippen molar-refractivity contribution < 1.29 is 14.6 Å². The fraction of sp³-hybridized carbons (Fsp3) is 0.435. The number of carbonyl (C=O) groups is 1. The maximum atomic E-state index is 10.3. The van der Waals surface area contributed by atoms with Gasteiger partial charge in [-0.3, -0.25) is 4.79 Å². The van der Waals surface area contributed by atoms with Gasteiger partial charge in [0.05, 0.1) is 19.1 Å². The van der Waals surface area contributed by atoms with Crippen molar-refractivity contribution in [2.75, 3.05) is 6.61 Å². The number of benzene rings is 2. The normalized spacial score (nSPS) is 16.5. The lowest BCUT2D eigenvalue weighted by Gasteiger charge is -2.15. The van der Waals surface area contributed by atoms with Crippen LogP contribution in [0.5, 0.6) is 0 Å². The SMILES string of the molecule is CCc1c(C)cc(C)cc1-c1ccc(C)c(C)c1.O=C1C[C@H](O)CCO1. The number of carbonyl (C=O) groups excluding carboxylic acids is 1. The van der Waals surface area contributed by atoms with E-state index in [1.165, 1.54) is 38.9 Å². The van der Waals surface area contributed by atoms with Gasteiger partial charge >= 0.3 is 5.97 Å². The third-order valence-corrected chi connectivity index (χ3v) is 4.91. The fourth-order valence-electron chi connectivity index (χ4n) is 3.30. The van der Waals surface area contributed by atoms with Gasteiger partial charge in [-0.1, -0.05) is 42.8 Å². The third kappa shape index (κ3) is 5.18. The summed E-state index contributed by atoms with van der Waals surface area (Å²) in [6.07, 6.45) is 1.39. The van der Waals surface area contributed by atoms with E-state index in [0.717, 1.165) is 6.42 Å². The van der Waals surface area contributed by atoms with Crippen molar-refractivity contribution in [2.45, 2.75) is 60.0 Å².